The number of ketones is 1. The Bertz CT molecular complexity index is 629. The van der Waals surface area contributed by atoms with Gasteiger partial charge in [0.25, 0.3) is 0 Å². The van der Waals surface area contributed by atoms with E-state index in [0.29, 0.717) is 0 Å². The van der Waals surface area contributed by atoms with Gasteiger partial charge in [-0.2, -0.15) is 0 Å². The minimum Gasteiger partial charge on any atom is -0.384 e. The Morgan fingerprint density at radius 3 is 3.07 bits per heavy atom. The van der Waals surface area contributed by atoms with Crippen molar-refractivity contribution in [2.75, 3.05) is 11.9 Å². The fourth-order valence-electron chi connectivity index (χ4n) is 2.03. The van der Waals surface area contributed by atoms with Crippen LogP contribution in [0.25, 0.3) is 12.2 Å². The Hall–Kier alpha value is -2.01. The average molecular weight is 195 g/mol. The third kappa shape index (κ3) is 1.17. The molecule has 1 aliphatic carbocycles. The van der Waals surface area contributed by atoms with E-state index in [4.69, 9.17) is 0 Å². The highest BCUT2D eigenvalue weighted by Crippen LogP contribution is 2.11. The maximum Gasteiger partial charge on any atom is 0.238 e. The van der Waals surface area contributed by atoms with Gasteiger partial charge in [-0.25, -0.2) is 0 Å². The Morgan fingerprint density at radius 2 is 2.13 bits per heavy atom. The Balaban J connectivity index is 2.44. The fraction of sp³-hybridized carbons (Fsp3) is 0.154. The molecule has 1 heterocycles. The number of anilines is 1. The van der Waals surface area contributed by atoms with Gasteiger partial charge in [0, 0.05) is 6.54 Å². The van der Waals surface area contributed by atoms with Gasteiger partial charge < -0.3 is 5.32 Å². The number of carbonyl (C=O) groups excluding carboxylic acids is 1. The Morgan fingerprint density at radius 1 is 1.27 bits per heavy atom. The molecule has 1 aliphatic heterocycles. The highest BCUT2D eigenvalue weighted by molar-refractivity contribution is 6.14. The molecule has 1 aromatic rings. The van der Waals surface area contributed by atoms with Crippen molar-refractivity contribution in [3.63, 3.8) is 0 Å². The van der Waals surface area contributed by atoms with Crippen molar-refractivity contribution >= 4 is 23.6 Å². The van der Waals surface area contributed by atoms with Crippen LogP contribution >= 0.6 is 0 Å². The van der Waals surface area contributed by atoms with E-state index in [-0.39, 0.29) is 5.78 Å². The molecule has 0 unspecified atom stereocenters. The summed E-state index contributed by atoms with van der Waals surface area (Å²) in [5, 5.41) is 5.33. The maximum absolute atomic E-state index is 11.7. The number of fused-ring (bicyclic) bond motifs is 3. The molecule has 3 rings (SSSR count). The highest BCUT2D eigenvalue weighted by Gasteiger charge is 2.15. The van der Waals surface area contributed by atoms with Crippen LogP contribution in [0.15, 0.2) is 12.1 Å². The molecule has 72 valence electrons. The quantitative estimate of drug-likeness (QED) is 0.475. The van der Waals surface area contributed by atoms with Crippen molar-refractivity contribution in [3.8, 4) is 11.8 Å². The lowest BCUT2D eigenvalue weighted by atomic mass is 9.99. The zero-order valence-corrected chi connectivity index (χ0v) is 8.13. The molecule has 1 N–H and O–H groups in total. The van der Waals surface area contributed by atoms with Gasteiger partial charge in [-0.15, -0.1) is 0 Å². The predicted octanol–water partition coefficient (Wildman–Crippen LogP) is 0.263. The first-order valence-corrected chi connectivity index (χ1v) is 4.99. The summed E-state index contributed by atoms with van der Waals surface area (Å²) in [5.74, 6) is 5.25. The summed E-state index contributed by atoms with van der Waals surface area (Å²) < 4.78 is 0. The molecule has 2 heteroatoms. The van der Waals surface area contributed by atoms with Gasteiger partial charge >= 0.3 is 0 Å². The largest absolute Gasteiger partial charge is 0.384 e. The molecule has 2 aliphatic rings. The second kappa shape index (κ2) is 2.99. The van der Waals surface area contributed by atoms with E-state index in [2.05, 4.69) is 23.2 Å². The lowest BCUT2D eigenvalue weighted by Gasteiger charge is -2.15. The van der Waals surface area contributed by atoms with Crippen LogP contribution in [-0.4, -0.2) is 12.3 Å². The third-order valence-electron chi connectivity index (χ3n) is 2.72. The molecule has 0 aromatic heterocycles. The summed E-state index contributed by atoms with van der Waals surface area (Å²) in [5.41, 5.74) is 1.69. The molecule has 0 radical (unpaired) electrons. The van der Waals surface area contributed by atoms with Crippen molar-refractivity contribution in [2.45, 2.75) is 6.42 Å². The standard InChI is InChI=1S/C13H9NO/c15-11-5-1-3-9-6-7-10-4-2-8-14-13(10)12(9)11/h3-4,6-7,14H,2,8H2. The van der Waals surface area contributed by atoms with Crippen LogP contribution in [0.5, 0.6) is 0 Å². The van der Waals surface area contributed by atoms with E-state index in [1.807, 2.05) is 12.1 Å². The molecule has 0 atom stereocenters. The Labute approximate surface area is 87.3 Å². The van der Waals surface area contributed by atoms with Crippen molar-refractivity contribution in [1.29, 1.82) is 0 Å². The van der Waals surface area contributed by atoms with Gasteiger partial charge in [0.1, 0.15) is 0 Å². The van der Waals surface area contributed by atoms with Gasteiger partial charge in [0.2, 0.25) is 5.78 Å². The summed E-state index contributed by atoms with van der Waals surface area (Å²) in [4.78, 5) is 11.7. The lowest BCUT2D eigenvalue weighted by Crippen LogP contribution is -2.28. The monoisotopic (exact) mass is 195 g/mol. The maximum atomic E-state index is 11.7. The summed E-state index contributed by atoms with van der Waals surface area (Å²) in [6.07, 6.45) is 4.96. The van der Waals surface area contributed by atoms with E-state index in [0.717, 1.165) is 34.7 Å². The number of hydrogen-bond donors (Lipinski definition) is 1. The van der Waals surface area contributed by atoms with E-state index in [9.17, 15) is 4.79 Å². The first-order chi connectivity index (χ1) is 7.36. The van der Waals surface area contributed by atoms with Gasteiger partial charge in [-0.3, -0.25) is 4.79 Å². The molecule has 15 heavy (non-hydrogen) atoms. The molecule has 0 saturated carbocycles. The molecule has 1 aromatic carbocycles. The minimum atomic E-state index is -0.0767. The normalized spacial score (nSPS) is 15.9. The SMILES string of the molecule is O=C1C#CC=c2ccc3c(c21)NCCC=3. The van der Waals surface area contributed by atoms with Crippen LogP contribution in [0.1, 0.15) is 16.8 Å². The van der Waals surface area contributed by atoms with Crippen LogP contribution < -0.4 is 15.8 Å². The molecular formula is C13H9NO. The molecule has 0 bridgehead atoms. The van der Waals surface area contributed by atoms with Gasteiger partial charge in [0.15, 0.2) is 0 Å². The summed E-state index contributed by atoms with van der Waals surface area (Å²) in [7, 11) is 0. The minimum absolute atomic E-state index is 0.0767. The van der Waals surface area contributed by atoms with Crippen LogP contribution in [0.2, 0.25) is 0 Å². The van der Waals surface area contributed by atoms with Gasteiger partial charge in [0.05, 0.1) is 11.3 Å². The Kier molecular flexibility index (Phi) is 1.66. The van der Waals surface area contributed by atoms with Crippen molar-refractivity contribution < 1.29 is 4.79 Å². The van der Waals surface area contributed by atoms with Crippen LogP contribution in [0.4, 0.5) is 5.69 Å². The number of nitrogens with one attached hydrogen (secondary N) is 1. The summed E-state index contributed by atoms with van der Waals surface area (Å²) in [6, 6.07) is 4.00. The zero-order valence-electron chi connectivity index (χ0n) is 8.13. The first kappa shape index (κ1) is 8.31. The lowest BCUT2D eigenvalue weighted by molar-refractivity contribution is 0.105. The summed E-state index contributed by atoms with van der Waals surface area (Å²) >= 11 is 0. The number of rotatable bonds is 0. The van der Waals surface area contributed by atoms with Crippen LogP contribution in [0, 0.1) is 11.8 Å². The number of hydrogen-bond acceptors (Lipinski definition) is 2. The van der Waals surface area contributed by atoms with Crippen molar-refractivity contribution in [1.82, 2.24) is 0 Å². The topological polar surface area (TPSA) is 29.1 Å². The molecule has 0 saturated heterocycles. The van der Waals surface area contributed by atoms with Gasteiger partial charge in [-0.05, 0) is 28.9 Å². The second-order valence-corrected chi connectivity index (χ2v) is 3.66. The second-order valence-electron chi connectivity index (χ2n) is 3.66. The van der Waals surface area contributed by atoms with Crippen molar-refractivity contribution in [2.24, 2.45) is 0 Å². The van der Waals surface area contributed by atoms with E-state index >= 15 is 0 Å². The molecule has 0 fully saturated rings. The van der Waals surface area contributed by atoms with Crippen LogP contribution in [-0.2, 0) is 0 Å². The van der Waals surface area contributed by atoms with E-state index in [1.54, 1.807) is 6.08 Å². The molecule has 2 nitrogen and oxygen atoms in total. The number of benzene rings is 1. The molecular weight excluding hydrogens is 186 g/mol. The average Bonchev–Trinajstić information content (AvgIpc) is 2.29. The number of Topliss-reactive ketones (excluding diaryl/α,β-unsaturated/α-hetero) is 1. The number of carbonyl (C=O) groups is 1. The summed E-state index contributed by atoms with van der Waals surface area (Å²) in [6.45, 7) is 0.893. The van der Waals surface area contributed by atoms with Crippen molar-refractivity contribution in [3.05, 3.63) is 28.1 Å². The van der Waals surface area contributed by atoms with Crippen LogP contribution in [0.3, 0.4) is 0 Å². The highest BCUT2D eigenvalue weighted by atomic mass is 16.1. The van der Waals surface area contributed by atoms with E-state index in [1.165, 1.54) is 0 Å². The fourth-order valence-corrected chi connectivity index (χ4v) is 2.03. The van der Waals surface area contributed by atoms with E-state index < -0.39 is 0 Å². The zero-order chi connectivity index (χ0) is 10.3. The predicted molar refractivity (Wildman–Crippen MR) is 59.8 cm³/mol. The molecule has 0 amide bonds. The first-order valence-electron chi connectivity index (χ1n) is 4.99. The van der Waals surface area contributed by atoms with Gasteiger partial charge in [-0.1, -0.05) is 24.1 Å². The third-order valence-corrected chi connectivity index (χ3v) is 2.72. The molecule has 0 spiro atoms. The smallest absolute Gasteiger partial charge is 0.238 e.